The van der Waals surface area contributed by atoms with Crippen molar-refractivity contribution in [3.05, 3.63) is 11.6 Å². The van der Waals surface area contributed by atoms with Gasteiger partial charge < -0.3 is 10.2 Å². The lowest BCUT2D eigenvalue weighted by Crippen LogP contribution is -2.33. The Morgan fingerprint density at radius 1 is 1.62 bits per heavy atom. The fourth-order valence-corrected chi connectivity index (χ4v) is 0.945. The summed E-state index contributed by atoms with van der Waals surface area (Å²) >= 11 is 0. The number of carboxylic acids is 1. The van der Waals surface area contributed by atoms with E-state index in [4.69, 9.17) is 10.2 Å². The molecule has 4 nitrogen and oxygen atoms in total. The number of aliphatic carboxylic acids is 1. The molecule has 0 aromatic carbocycles. The number of aliphatic hydroxyl groups is 1. The van der Waals surface area contributed by atoms with Crippen molar-refractivity contribution in [3.8, 4) is 0 Å². The summed E-state index contributed by atoms with van der Waals surface area (Å²) in [6.45, 7) is 4.29. The molecule has 13 heavy (non-hydrogen) atoms. The number of hydrogen-bond acceptors (Lipinski definition) is 3. The Labute approximate surface area is 78.5 Å². The number of hydrogen-bond donors (Lipinski definition) is 2. The number of aliphatic hydroxyl groups excluding tert-OH is 1. The summed E-state index contributed by atoms with van der Waals surface area (Å²) in [7, 11) is 1.85. The second-order valence-corrected chi connectivity index (χ2v) is 3.28. The average Bonchev–Trinajstić information content (AvgIpc) is 2.01. The van der Waals surface area contributed by atoms with Crippen molar-refractivity contribution in [1.29, 1.82) is 0 Å². The molecule has 0 aromatic rings. The minimum atomic E-state index is -0.928. The molecule has 0 heterocycles. The standard InChI is InChI=1S/C9H17NO3/c1-7(4-9(12)13)5-10(3)8(2)6-11/h4,8,11H,5-6H2,1-3H3,(H,12,13). The summed E-state index contributed by atoms with van der Waals surface area (Å²) in [4.78, 5) is 12.2. The van der Waals surface area contributed by atoms with Crippen molar-refractivity contribution >= 4 is 5.97 Å². The van der Waals surface area contributed by atoms with Crippen molar-refractivity contribution < 1.29 is 15.0 Å². The summed E-state index contributed by atoms with van der Waals surface area (Å²) < 4.78 is 0. The van der Waals surface area contributed by atoms with E-state index in [0.717, 1.165) is 5.57 Å². The Balaban J connectivity index is 4.05. The molecule has 0 saturated heterocycles. The lowest BCUT2D eigenvalue weighted by atomic mass is 10.2. The van der Waals surface area contributed by atoms with Gasteiger partial charge in [0.1, 0.15) is 0 Å². The Bertz CT molecular complexity index is 201. The first-order valence-electron chi connectivity index (χ1n) is 4.18. The molecule has 0 radical (unpaired) electrons. The average molecular weight is 187 g/mol. The van der Waals surface area contributed by atoms with Crippen molar-refractivity contribution in [2.45, 2.75) is 19.9 Å². The highest BCUT2D eigenvalue weighted by molar-refractivity contribution is 5.80. The van der Waals surface area contributed by atoms with Gasteiger partial charge in [-0.2, -0.15) is 0 Å². The van der Waals surface area contributed by atoms with Gasteiger partial charge in [0, 0.05) is 18.7 Å². The highest BCUT2D eigenvalue weighted by Crippen LogP contribution is 2.00. The van der Waals surface area contributed by atoms with Gasteiger partial charge in [-0.3, -0.25) is 4.90 Å². The van der Waals surface area contributed by atoms with Crippen LogP contribution in [0, 0.1) is 0 Å². The fourth-order valence-electron chi connectivity index (χ4n) is 0.945. The van der Waals surface area contributed by atoms with Gasteiger partial charge in [0.05, 0.1) is 6.61 Å². The van der Waals surface area contributed by atoms with Gasteiger partial charge in [-0.25, -0.2) is 4.79 Å². The Kier molecular flexibility index (Phi) is 5.34. The van der Waals surface area contributed by atoms with Gasteiger partial charge in [-0.05, 0) is 20.9 Å². The molecular formula is C9H17NO3. The monoisotopic (exact) mass is 187 g/mol. The van der Waals surface area contributed by atoms with Crippen molar-refractivity contribution in [2.75, 3.05) is 20.2 Å². The fraction of sp³-hybridized carbons (Fsp3) is 0.667. The van der Waals surface area contributed by atoms with E-state index < -0.39 is 5.97 Å². The van der Waals surface area contributed by atoms with Crippen LogP contribution in [0.3, 0.4) is 0 Å². The molecule has 76 valence electrons. The van der Waals surface area contributed by atoms with E-state index >= 15 is 0 Å². The maximum atomic E-state index is 10.3. The molecule has 0 amide bonds. The molecule has 0 fully saturated rings. The van der Waals surface area contributed by atoms with E-state index in [0.29, 0.717) is 6.54 Å². The van der Waals surface area contributed by atoms with E-state index in [1.54, 1.807) is 6.92 Å². The minimum Gasteiger partial charge on any atom is -0.478 e. The highest BCUT2D eigenvalue weighted by Gasteiger charge is 2.07. The van der Waals surface area contributed by atoms with Gasteiger partial charge in [0.25, 0.3) is 0 Å². The summed E-state index contributed by atoms with van der Waals surface area (Å²) in [6.07, 6.45) is 1.18. The van der Waals surface area contributed by atoms with Crippen LogP contribution in [0.2, 0.25) is 0 Å². The summed E-state index contributed by atoms with van der Waals surface area (Å²) in [5.74, 6) is -0.928. The smallest absolute Gasteiger partial charge is 0.328 e. The maximum absolute atomic E-state index is 10.3. The summed E-state index contributed by atoms with van der Waals surface area (Å²) in [5.41, 5.74) is 0.773. The van der Waals surface area contributed by atoms with E-state index in [2.05, 4.69) is 0 Å². The predicted octanol–water partition coefficient (Wildman–Crippen LogP) is 0.330. The summed E-state index contributed by atoms with van der Waals surface area (Å²) in [5, 5.41) is 17.3. The van der Waals surface area contributed by atoms with Gasteiger partial charge in [0.15, 0.2) is 0 Å². The third-order valence-corrected chi connectivity index (χ3v) is 1.89. The third kappa shape index (κ3) is 5.38. The molecule has 0 rings (SSSR count). The largest absolute Gasteiger partial charge is 0.478 e. The SMILES string of the molecule is CC(=CC(=O)O)CN(C)C(C)CO. The van der Waals surface area contributed by atoms with Gasteiger partial charge in [-0.1, -0.05) is 5.57 Å². The second-order valence-electron chi connectivity index (χ2n) is 3.28. The quantitative estimate of drug-likeness (QED) is 0.609. The Morgan fingerprint density at radius 2 is 2.15 bits per heavy atom. The lowest BCUT2D eigenvalue weighted by molar-refractivity contribution is -0.131. The van der Waals surface area contributed by atoms with Gasteiger partial charge >= 0.3 is 5.97 Å². The van der Waals surface area contributed by atoms with Crippen LogP contribution in [0.1, 0.15) is 13.8 Å². The van der Waals surface area contributed by atoms with Crippen LogP contribution < -0.4 is 0 Å². The molecule has 0 aliphatic carbocycles. The third-order valence-electron chi connectivity index (χ3n) is 1.89. The molecule has 2 N–H and O–H groups in total. The van der Waals surface area contributed by atoms with Crippen LogP contribution in [-0.2, 0) is 4.79 Å². The molecular weight excluding hydrogens is 170 g/mol. The number of carbonyl (C=O) groups is 1. The number of likely N-dealkylation sites (N-methyl/N-ethyl adjacent to an activating group) is 1. The Hall–Kier alpha value is -0.870. The van der Waals surface area contributed by atoms with E-state index in [1.807, 2.05) is 18.9 Å². The first-order chi connectivity index (χ1) is 5.97. The van der Waals surface area contributed by atoms with Gasteiger partial charge in [0.2, 0.25) is 0 Å². The van der Waals surface area contributed by atoms with Crippen LogP contribution in [0.5, 0.6) is 0 Å². The van der Waals surface area contributed by atoms with Crippen molar-refractivity contribution in [3.63, 3.8) is 0 Å². The number of nitrogens with zero attached hydrogens (tertiary/aromatic N) is 1. The van der Waals surface area contributed by atoms with Crippen LogP contribution in [0.15, 0.2) is 11.6 Å². The second kappa shape index (κ2) is 5.72. The zero-order valence-corrected chi connectivity index (χ0v) is 8.32. The Morgan fingerprint density at radius 3 is 2.54 bits per heavy atom. The predicted molar refractivity (Wildman–Crippen MR) is 50.6 cm³/mol. The zero-order chi connectivity index (χ0) is 10.4. The molecule has 0 saturated carbocycles. The number of carboxylic acid groups (broad SMARTS) is 1. The molecule has 4 heteroatoms. The summed E-state index contributed by atoms with van der Waals surface area (Å²) in [6, 6.07) is 0.0529. The molecule has 0 bridgehead atoms. The van der Waals surface area contributed by atoms with E-state index in [-0.39, 0.29) is 12.6 Å². The first-order valence-corrected chi connectivity index (χ1v) is 4.18. The molecule has 0 aromatic heterocycles. The van der Waals surface area contributed by atoms with Crippen molar-refractivity contribution in [2.24, 2.45) is 0 Å². The van der Waals surface area contributed by atoms with Crippen LogP contribution in [-0.4, -0.2) is 47.3 Å². The molecule has 0 aliphatic heterocycles. The highest BCUT2D eigenvalue weighted by atomic mass is 16.4. The van der Waals surface area contributed by atoms with Crippen LogP contribution in [0.25, 0.3) is 0 Å². The zero-order valence-electron chi connectivity index (χ0n) is 8.32. The van der Waals surface area contributed by atoms with Gasteiger partial charge in [-0.15, -0.1) is 0 Å². The van der Waals surface area contributed by atoms with Crippen molar-refractivity contribution in [1.82, 2.24) is 4.90 Å². The van der Waals surface area contributed by atoms with Crippen LogP contribution >= 0.6 is 0 Å². The topological polar surface area (TPSA) is 60.8 Å². The van der Waals surface area contributed by atoms with E-state index in [1.165, 1.54) is 6.08 Å². The molecule has 0 spiro atoms. The first kappa shape index (κ1) is 12.1. The number of rotatable bonds is 5. The molecule has 0 aliphatic rings. The van der Waals surface area contributed by atoms with Crippen LogP contribution in [0.4, 0.5) is 0 Å². The maximum Gasteiger partial charge on any atom is 0.328 e. The normalized spacial score (nSPS) is 14.7. The lowest BCUT2D eigenvalue weighted by Gasteiger charge is -2.22. The van der Waals surface area contributed by atoms with E-state index in [9.17, 15) is 4.79 Å². The minimum absolute atomic E-state index is 0.0529. The molecule has 1 unspecified atom stereocenters. The molecule has 1 atom stereocenters.